The Morgan fingerprint density at radius 2 is 1.25 bits per heavy atom. The van der Waals surface area contributed by atoms with Gasteiger partial charge in [0.1, 0.15) is 48.8 Å². The van der Waals surface area contributed by atoms with Crippen molar-refractivity contribution in [2.45, 2.75) is 68.8 Å². The lowest BCUT2D eigenvalue weighted by atomic mass is 9.97. The summed E-state index contributed by atoms with van der Waals surface area (Å²) in [6, 6.07) is 0. The number of aliphatic hydroxyl groups excluding tert-OH is 8. The van der Waals surface area contributed by atoms with Crippen LogP contribution in [0.4, 0.5) is 0 Å². The molecule has 0 saturated carbocycles. The van der Waals surface area contributed by atoms with Crippen LogP contribution in [0.2, 0.25) is 0 Å². The molecule has 0 amide bonds. The van der Waals surface area contributed by atoms with Crippen LogP contribution in [0.1, 0.15) is 7.43 Å². The van der Waals surface area contributed by atoms with Crippen molar-refractivity contribution in [3.05, 3.63) is 0 Å². The average molecular weight is 358 g/mol. The molecule has 0 aromatic carbocycles. The molecule has 0 aliphatic carbocycles. The van der Waals surface area contributed by atoms with Crippen LogP contribution in [-0.2, 0) is 14.2 Å². The maximum Gasteiger partial charge on any atom is 0.187 e. The van der Waals surface area contributed by atoms with Crippen LogP contribution in [-0.4, -0.2) is 115 Å². The fraction of sp³-hybridized carbons (Fsp3) is 1.00. The van der Waals surface area contributed by atoms with E-state index < -0.39 is 74.6 Å². The van der Waals surface area contributed by atoms with E-state index in [2.05, 4.69) is 0 Å². The molecule has 2 aliphatic rings. The van der Waals surface area contributed by atoms with E-state index in [4.69, 9.17) is 19.3 Å². The van der Waals surface area contributed by atoms with E-state index in [1.165, 1.54) is 0 Å². The molecule has 10 atom stereocenters. The molecule has 2 saturated heterocycles. The van der Waals surface area contributed by atoms with E-state index in [0.717, 1.165) is 0 Å². The zero-order valence-electron chi connectivity index (χ0n) is 12.0. The quantitative estimate of drug-likeness (QED) is 0.241. The number of rotatable bonds is 4. The van der Waals surface area contributed by atoms with Crippen molar-refractivity contribution in [2.75, 3.05) is 13.2 Å². The smallest absolute Gasteiger partial charge is 0.187 e. The standard InChI is InChI=1S/C12H22O11.CH4/c13-1-3-5(15)6(16)9(19)12(22-3)23-10-4(2-14)21-11(20)8(18)7(10)17;/h3-20H,1-2H2;1H4/t3-,4-,5+,6+,7-,8-,9-,10-,11?,12+;/m1./s1. The number of aliphatic hydroxyl groups is 8. The van der Waals surface area contributed by atoms with Crippen molar-refractivity contribution in [1.82, 2.24) is 0 Å². The summed E-state index contributed by atoms with van der Waals surface area (Å²) < 4.78 is 15.3. The summed E-state index contributed by atoms with van der Waals surface area (Å²) in [5.74, 6) is 0. The molecule has 0 bridgehead atoms. The molecule has 2 aliphatic heterocycles. The minimum atomic E-state index is -1.74. The van der Waals surface area contributed by atoms with E-state index >= 15 is 0 Å². The Labute approximate surface area is 138 Å². The molecule has 0 radical (unpaired) electrons. The van der Waals surface area contributed by atoms with Gasteiger partial charge >= 0.3 is 0 Å². The van der Waals surface area contributed by atoms with Gasteiger partial charge in [-0.05, 0) is 0 Å². The summed E-state index contributed by atoms with van der Waals surface area (Å²) in [7, 11) is 0. The lowest BCUT2D eigenvalue weighted by Gasteiger charge is -2.45. The summed E-state index contributed by atoms with van der Waals surface area (Å²) >= 11 is 0. The summed E-state index contributed by atoms with van der Waals surface area (Å²) in [6.07, 6.45) is -15.6. The topological polar surface area (TPSA) is 190 Å². The lowest BCUT2D eigenvalue weighted by Crippen LogP contribution is -2.64. The Hall–Kier alpha value is -0.440. The molecular weight excluding hydrogens is 332 g/mol. The molecule has 11 nitrogen and oxygen atoms in total. The summed E-state index contributed by atoms with van der Waals surface area (Å²) in [4.78, 5) is 0. The van der Waals surface area contributed by atoms with Crippen LogP contribution in [0, 0.1) is 0 Å². The van der Waals surface area contributed by atoms with Gasteiger partial charge in [-0.1, -0.05) is 7.43 Å². The van der Waals surface area contributed by atoms with Gasteiger partial charge in [-0.3, -0.25) is 0 Å². The first-order valence-electron chi connectivity index (χ1n) is 7.08. The van der Waals surface area contributed by atoms with Gasteiger partial charge in [-0.15, -0.1) is 0 Å². The highest BCUT2D eigenvalue weighted by molar-refractivity contribution is 4.93. The van der Waals surface area contributed by atoms with Gasteiger partial charge < -0.3 is 55.1 Å². The van der Waals surface area contributed by atoms with Gasteiger partial charge in [0, 0.05) is 0 Å². The van der Waals surface area contributed by atoms with Gasteiger partial charge in [0.25, 0.3) is 0 Å². The molecule has 0 aromatic rings. The Morgan fingerprint density at radius 1 is 0.667 bits per heavy atom. The Balaban J connectivity index is 0.00000288. The van der Waals surface area contributed by atoms with E-state index in [1.54, 1.807) is 0 Å². The van der Waals surface area contributed by atoms with Crippen LogP contribution >= 0.6 is 0 Å². The van der Waals surface area contributed by atoms with E-state index in [0.29, 0.717) is 0 Å². The largest absolute Gasteiger partial charge is 0.394 e. The lowest BCUT2D eigenvalue weighted by molar-refractivity contribution is -0.355. The highest BCUT2D eigenvalue weighted by Gasteiger charge is 2.50. The zero-order chi connectivity index (χ0) is 17.3. The van der Waals surface area contributed by atoms with Crippen LogP contribution in [0.25, 0.3) is 0 Å². The first-order valence-corrected chi connectivity index (χ1v) is 7.08. The van der Waals surface area contributed by atoms with Gasteiger partial charge in [0.2, 0.25) is 0 Å². The first-order chi connectivity index (χ1) is 10.8. The van der Waals surface area contributed by atoms with Gasteiger partial charge in [-0.25, -0.2) is 0 Å². The van der Waals surface area contributed by atoms with Gasteiger partial charge in [0.05, 0.1) is 13.2 Å². The fourth-order valence-electron chi connectivity index (χ4n) is 2.57. The van der Waals surface area contributed by atoms with Crippen molar-refractivity contribution < 1.29 is 55.1 Å². The molecule has 144 valence electrons. The highest BCUT2D eigenvalue weighted by Crippen LogP contribution is 2.28. The van der Waals surface area contributed by atoms with Crippen LogP contribution < -0.4 is 0 Å². The minimum Gasteiger partial charge on any atom is -0.394 e. The molecule has 24 heavy (non-hydrogen) atoms. The second-order valence-corrected chi connectivity index (χ2v) is 5.53. The third-order valence-corrected chi connectivity index (χ3v) is 3.98. The van der Waals surface area contributed by atoms with Gasteiger partial charge in [0.15, 0.2) is 12.6 Å². The second kappa shape index (κ2) is 8.78. The van der Waals surface area contributed by atoms with Crippen molar-refractivity contribution in [3.63, 3.8) is 0 Å². The summed E-state index contributed by atoms with van der Waals surface area (Å²) in [5.41, 5.74) is 0. The number of ether oxygens (including phenoxy) is 3. The molecule has 1 unspecified atom stereocenters. The number of hydrogen-bond donors (Lipinski definition) is 8. The van der Waals surface area contributed by atoms with Crippen molar-refractivity contribution in [3.8, 4) is 0 Å². The predicted molar refractivity (Wildman–Crippen MR) is 75.4 cm³/mol. The summed E-state index contributed by atoms with van der Waals surface area (Å²) in [6.45, 7) is -1.35. The Kier molecular flexibility index (Phi) is 7.90. The maximum absolute atomic E-state index is 9.94. The number of hydrogen-bond acceptors (Lipinski definition) is 11. The molecule has 2 heterocycles. The van der Waals surface area contributed by atoms with Gasteiger partial charge in [-0.2, -0.15) is 0 Å². The van der Waals surface area contributed by atoms with E-state index in [1.807, 2.05) is 0 Å². The van der Waals surface area contributed by atoms with Crippen molar-refractivity contribution >= 4 is 0 Å². The second-order valence-electron chi connectivity index (χ2n) is 5.53. The van der Waals surface area contributed by atoms with Crippen LogP contribution in [0.3, 0.4) is 0 Å². The molecule has 2 rings (SSSR count). The van der Waals surface area contributed by atoms with Crippen LogP contribution in [0.15, 0.2) is 0 Å². The monoisotopic (exact) mass is 358 g/mol. The Morgan fingerprint density at radius 3 is 1.79 bits per heavy atom. The maximum atomic E-state index is 9.94. The molecule has 0 aromatic heterocycles. The van der Waals surface area contributed by atoms with Crippen LogP contribution in [0.5, 0.6) is 0 Å². The normalized spacial score (nSPS) is 49.5. The first kappa shape index (κ1) is 21.6. The van der Waals surface area contributed by atoms with E-state index in [-0.39, 0.29) is 7.43 Å². The predicted octanol–water partition coefficient (Wildman–Crippen LogP) is -4.76. The third-order valence-electron chi connectivity index (χ3n) is 3.98. The zero-order valence-corrected chi connectivity index (χ0v) is 12.0. The third kappa shape index (κ3) is 4.03. The fourth-order valence-corrected chi connectivity index (χ4v) is 2.57. The molecule has 8 N–H and O–H groups in total. The highest BCUT2D eigenvalue weighted by atomic mass is 16.7. The Bertz CT molecular complexity index is 379. The molecule has 2 fully saturated rings. The SMILES string of the molecule is C.OC[C@H]1O[C@@H](O[C@H]2[C@H](O)[C@@H](O)C(O)O[C@@H]2CO)[C@H](O)[C@@H](O)[C@H]1O. The average Bonchev–Trinajstić information content (AvgIpc) is 2.55. The molecular formula is C13H26O11. The molecule has 11 heteroatoms. The van der Waals surface area contributed by atoms with Crippen molar-refractivity contribution in [2.24, 2.45) is 0 Å². The summed E-state index contributed by atoms with van der Waals surface area (Å²) in [5, 5.41) is 76.5. The van der Waals surface area contributed by atoms with E-state index in [9.17, 15) is 35.7 Å². The molecule has 0 spiro atoms. The minimum absolute atomic E-state index is 0. The van der Waals surface area contributed by atoms with Crippen molar-refractivity contribution in [1.29, 1.82) is 0 Å².